The van der Waals surface area contributed by atoms with Crippen molar-refractivity contribution in [2.45, 2.75) is 27.2 Å². The quantitative estimate of drug-likeness (QED) is 0.830. The van der Waals surface area contributed by atoms with Crippen LogP contribution in [0.25, 0.3) is 0 Å². The zero-order chi connectivity index (χ0) is 13.8. The Morgan fingerprint density at radius 1 is 1.47 bits per heavy atom. The van der Waals surface area contributed by atoms with Crippen LogP contribution in [0.3, 0.4) is 0 Å². The Morgan fingerprint density at radius 3 is 2.79 bits per heavy atom. The predicted octanol–water partition coefficient (Wildman–Crippen LogP) is 2.53. The number of hydrogen-bond acceptors (Lipinski definition) is 3. The standard InChI is InChI=1S/C15H17NO3/c1-8(16-14(18)11-5-4-6-19-11)12-10(17)7-9-13(12)15(9,2)3/h4-6,9,13H,7H2,1-3H3,(H,16,18). The van der Waals surface area contributed by atoms with E-state index in [4.69, 9.17) is 4.42 Å². The molecule has 1 amide bonds. The number of allylic oxidation sites excluding steroid dienone is 2. The third-order valence-corrected chi connectivity index (χ3v) is 4.52. The first-order valence-corrected chi connectivity index (χ1v) is 6.51. The third-order valence-electron chi connectivity index (χ3n) is 4.52. The molecule has 0 aliphatic heterocycles. The third kappa shape index (κ3) is 1.74. The largest absolute Gasteiger partial charge is 0.459 e. The SMILES string of the molecule is CC(NC(=O)c1ccco1)=C1C(=O)CC2C1C2(C)C. The summed E-state index contributed by atoms with van der Waals surface area (Å²) in [5.74, 6) is 0.885. The average Bonchev–Trinajstić information content (AvgIpc) is 2.82. The molecule has 0 spiro atoms. The van der Waals surface area contributed by atoms with E-state index in [-0.39, 0.29) is 22.9 Å². The van der Waals surface area contributed by atoms with Gasteiger partial charge in [0.15, 0.2) is 11.5 Å². The molecule has 0 saturated heterocycles. The van der Waals surface area contributed by atoms with Gasteiger partial charge in [-0.2, -0.15) is 0 Å². The van der Waals surface area contributed by atoms with Gasteiger partial charge in [0.1, 0.15) is 0 Å². The number of fused-ring (bicyclic) bond motifs is 1. The van der Waals surface area contributed by atoms with E-state index in [2.05, 4.69) is 19.2 Å². The Bertz CT molecular complexity index is 581. The summed E-state index contributed by atoms with van der Waals surface area (Å²) in [5, 5.41) is 2.78. The monoisotopic (exact) mass is 259 g/mol. The van der Waals surface area contributed by atoms with Crippen LogP contribution in [0.4, 0.5) is 0 Å². The van der Waals surface area contributed by atoms with Crippen LogP contribution in [0, 0.1) is 17.3 Å². The zero-order valence-electron chi connectivity index (χ0n) is 11.3. The molecule has 2 fully saturated rings. The van der Waals surface area contributed by atoms with E-state index in [1.165, 1.54) is 6.26 Å². The van der Waals surface area contributed by atoms with Gasteiger partial charge >= 0.3 is 0 Å². The van der Waals surface area contributed by atoms with Crippen molar-refractivity contribution >= 4 is 11.7 Å². The molecule has 1 N–H and O–H groups in total. The minimum Gasteiger partial charge on any atom is -0.459 e. The summed E-state index contributed by atoms with van der Waals surface area (Å²) in [6.07, 6.45) is 2.07. The van der Waals surface area contributed by atoms with Crippen LogP contribution in [-0.2, 0) is 4.79 Å². The van der Waals surface area contributed by atoms with Crippen LogP contribution in [0.2, 0.25) is 0 Å². The fourth-order valence-corrected chi connectivity index (χ4v) is 3.33. The van der Waals surface area contributed by atoms with Crippen molar-refractivity contribution in [3.05, 3.63) is 35.4 Å². The summed E-state index contributed by atoms with van der Waals surface area (Å²) in [6, 6.07) is 3.27. The lowest BCUT2D eigenvalue weighted by molar-refractivity contribution is -0.115. The molecule has 2 unspecified atom stereocenters. The Kier molecular flexibility index (Phi) is 2.46. The molecule has 2 atom stereocenters. The molecule has 1 aromatic heterocycles. The van der Waals surface area contributed by atoms with Gasteiger partial charge in [0.2, 0.25) is 0 Å². The van der Waals surface area contributed by atoms with Crippen LogP contribution in [0.1, 0.15) is 37.7 Å². The molecule has 2 aliphatic rings. The van der Waals surface area contributed by atoms with Crippen molar-refractivity contribution in [2.24, 2.45) is 17.3 Å². The number of Topliss-reactive ketones (excluding diaryl/α,β-unsaturated/α-hetero) is 1. The molecule has 4 heteroatoms. The van der Waals surface area contributed by atoms with E-state index in [9.17, 15) is 9.59 Å². The molecule has 1 aromatic rings. The number of nitrogens with one attached hydrogen (secondary N) is 1. The van der Waals surface area contributed by atoms with Gasteiger partial charge in [-0.05, 0) is 36.3 Å². The Labute approximate surface area is 111 Å². The highest BCUT2D eigenvalue weighted by Crippen LogP contribution is 2.68. The molecule has 19 heavy (non-hydrogen) atoms. The maximum Gasteiger partial charge on any atom is 0.291 e. The van der Waals surface area contributed by atoms with Crippen LogP contribution in [0.5, 0.6) is 0 Å². The van der Waals surface area contributed by atoms with E-state index in [1.54, 1.807) is 19.1 Å². The van der Waals surface area contributed by atoms with Crippen LogP contribution >= 0.6 is 0 Å². The molecule has 1 heterocycles. The number of ketones is 1. The molecule has 0 aromatic carbocycles. The van der Waals surface area contributed by atoms with Gasteiger partial charge in [0.05, 0.1) is 6.26 Å². The first-order valence-electron chi connectivity index (χ1n) is 6.51. The normalized spacial score (nSPS) is 29.9. The number of carbonyl (C=O) groups is 2. The van der Waals surface area contributed by atoms with E-state index < -0.39 is 0 Å². The van der Waals surface area contributed by atoms with Crippen molar-refractivity contribution in [3.63, 3.8) is 0 Å². The van der Waals surface area contributed by atoms with Crippen molar-refractivity contribution in [2.75, 3.05) is 0 Å². The molecule has 2 aliphatic carbocycles. The van der Waals surface area contributed by atoms with E-state index in [0.29, 0.717) is 24.0 Å². The van der Waals surface area contributed by atoms with E-state index >= 15 is 0 Å². The lowest BCUT2D eigenvalue weighted by Crippen LogP contribution is -2.24. The smallest absolute Gasteiger partial charge is 0.291 e. The van der Waals surface area contributed by atoms with Gasteiger partial charge in [-0.1, -0.05) is 13.8 Å². The summed E-state index contributed by atoms with van der Waals surface area (Å²) in [4.78, 5) is 23.9. The highest BCUT2D eigenvalue weighted by molar-refractivity contribution is 6.02. The highest BCUT2D eigenvalue weighted by Gasteiger charge is 2.65. The average molecular weight is 259 g/mol. The van der Waals surface area contributed by atoms with Gasteiger partial charge in [0.25, 0.3) is 5.91 Å². The lowest BCUT2D eigenvalue weighted by atomic mass is 9.95. The van der Waals surface area contributed by atoms with Crippen molar-refractivity contribution in [1.29, 1.82) is 0 Å². The number of hydrogen-bond donors (Lipinski definition) is 1. The topological polar surface area (TPSA) is 59.3 Å². The Balaban J connectivity index is 1.83. The molecule has 0 bridgehead atoms. The number of carbonyl (C=O) groups excluding carboxylic acids is 2. The molecule has 4 nitrogen and oxygen atoms in total. The van der Waals surface area contributed by atoms with Gasteiger partial charge < -0.3 is 9.73 Å². The lowest BCUT2D eigenvalue weighted by Gasteiger charge is -2.13. The second-order valence-corrected chi connectivity index (χ2v) is 6.00. The first kappa shape index (κ1) is 12.2. The second kappa shape index (κ2) is 3.83. The molecule has 100 valence electrons. The number of amides is 1. The second-order valence-electron chi connectivity index (χ2n) is 6.00. The van der Waals surface area contributed by atoms with Crippen LogP contribution in [0.15, 0.2) is 34.1 Å². The number of rotatable bonds is 2. The van der Waals surface area contributed by atoms with Crippen LogP contribution < -0.4 is 5.32 Å². The molecular formula is C15H17NO3. The fourth-order valence-electron chi connectivity index (χ4n) is 3.33. The number of furan rings is 1. The van der Waals surface area contributed by atoms with Gasteiger partial charge in [-0.3, -0.25) is 9.59 Å². The Hall–Kier alpha value is -1.84. The molecule has 0 radical (unpaired) electrons. The molecule has 3 rings (SSSR count). The highest BCUT2D eigenvalue weighted by atomic mass is 16.3. The fraction of sp³-hybridized carbons (Fsp3) is 0.467. The predicted molar refractivity (Wildman–Crippen MR) is 69.3 cm³/mol. The Morgan fingerprint density at radius 2 is 2.21 bits per heavy atom. The minimum absolute atomic E-state index is 0.173. The van der Waals surface area contributed by atoms with Crippen LogP contribution in [-0.4, -0.2) is 11.7 Å². The maximum absolute atomic E-state index is 12.0. The van der Waals surface area contributed by atoms with Crippen molar-refractivity contribution in [3.8, 4) is 0 Å². The minimum atomic E-state index is -0.301. The van der Waals surface area contributed by atoms with Gasteiger partial charge in [0, 0.05) is 17.7 Å². The summed E-state index contributed by atoms with van der Waals surface area (Å²) < 4.78 is 5.04. The summed E-state index contributed by atoms with van der Waals surface area (Å²) in [6.45, 7) is 6.15. The van der Waals surface area contributed by atoms with Crippen molar-refractivity contribution in [1.82, 2.24) is 5.32 Å². The van der Waals surface area contributed by atoms with E-state index in [0.717, 1.165) is 5.57 Å². The van der Waals surface area contributed by atoms with Gasteiger partial charge in [-0.25, -0.2) is 0 Å². The first-order chi connectivity index (χ1) is 8.93. The molecular weight excluding hydrogens is 242 g/mol. The van der Waals surface area contributed by atoms with Crippen molar-refractivity contribution < 1.29 is 14.0 Å². The van der Waals surface area contributed by atoms with E-state index in [1.807, 2.05) is 0 Å². The zero-order valence-corrected chi connectivity index (χ0v) is 11.3. The maximum atomic E-state index is 12.0. The summed E-state index contributed by atoms with van der Waals surface area (Å²) in [7, 11) is 0. The molecule has 2 saturated carbocycles. The summed E-state index contributed by atoms with van der Waals surface area (Å²) >= 11 is 0. The van der Waals surface area contributed by atoms with Gasteiger partial charge in [-0.15, -0.1) is 0 Å². The summed E-state index contributed by atoms with van der Waals surface area (Å²) in [5.41, 5.74) is 1.67.